The van der Waals surface area contributed by atoms with Crippen molar-refractivity contribution < 1.29 is 4.79 Å². The summed E-state index contributed by atoms with van der Waals surface area (Å²) in [6, 6.07) is 9.11. The van der Waals surface area contributed by atoms with Gasteiger partial charge in [-0.25, -0.2) is 4.99 Å². The smallest absolute Gasteiger partial charge is 0.225 e. The Hall–Kier alpha value is -2.08. The first-order chi connectivity index (χ1) is 14.0. The van der Waals surface area contributed by atoms with E-state index in [9.17, 15) is 4.79 Å². The van der Waals surface area contributed by atoms with Gasteiger partial charge in [-0.2, -0.15) is 0 Å². The molecular weight excluding hydrogens is 362 g/mol. The first-order valence-corrected chi connectivity index (χ1v) is 11.2. The summed E-state index contributed by atoms with van der Waals surface area (Å²) >= 11 is 0. The number of amides is 1. The number of hydrogen-bond acceptors (Lipinski definition) is 3. The van der Waals surface area contributed by atoms with Crippen LogP contribution >= 0.6 is 0 Å². The molecule has 6 nitrogen and oxygen atoms in total. The summed E-state index contributed by atoms with van der Waals surface area (Å²) in [5, 5.41) is 6.84. The first kappa shape index (κ1) is 21.6. The summed E-state index contributed by atoms with van der Waals surface area (Å²) in [4.78, 5) is 21.5. The third-order valence-corrected chi connectivity index (χ3v) is 5.73. The predicted octanol–water partition coefficient (Wildman–Crippen LogP) is 2.59. The number of nitrogens with one attached hydrogen (secondary N) is 2. The van der Waals surface area contributed by atoms with Crippen molar-refractivity contribution in [3.8, 4) is 0 Å². The molecule has 2 saturated heterocycles. The van der Waals surface area contributed by atoms with Crippen LogP contribution in [0.4, 0.5) is 0 Å². The molecule has 2 aliphatic heterocycles. The third kappa shape index (κ3) is 6.46. The molecule has 2 fully saturated rings. The highest BCUT2D eigenvalue weighted by Gasteiger charge is 2.27. The van der Waals surface area contributed by atoms with Crippen molar-refractivity contribution in [2.75, 3.05) is 32.7 Å². The van der Waals surface area contributed by atoms with Crippen LogP contribution in [0.15, 0.2) is 29.3 Å². The van der Waals surface area contributed by atoms with Gasteiger partial charge in [0.15, 0.2) is 5.96 Å². The van der Waals surface area contributed by atoms with Gasteiger partial charge in [0.1, 0.15) is 0 Å². The topological polar surface area (TPSA) is 60.0 Å². The fourth-order valence-corrected chi connectivity index (χ4v) is 4.08. The average Bonchev–Trinajstić information content (AvgIpc) is 3.39. The standard InChI is InChI=1S/C23H37N5O/c1-4-24-23(26-21-11-14-28(17-21)22(29)18(2)3)25-15-19-7-9-20(10-8-19)16-27-12-5-6-13-27/h7-10,18,21H,4-6,11-17H2,1-3H3,(H2,24,25,26). The van der Waals surface area contributed by atoms with E-state index in [1.165, 1.54) is 37.1 Å². The van der Waals surface area contributed by atoms with Crippen LogP contribution in [0, 0.1) is 5.92 Å². The zero-order valence-electron chi connectivity index (χ0n) is 18.3. The van der Waals surface area contributed by atoms with Gasteiger partial charge in [-0.3, -0.25) is 9.69 Å². The Balaban J connectivity index is 1.51. The SMILES string of the molecule is CCNC(=NCc1ccc(CN2CCCC2)cc1)NC1CCN(C(=O)C(C)C)C1. The van der Waals surface area contributed by atoms with Gasteiger partial charge in [-0.15, -0.1) is 0 Å². The largest absolute Gasteiger partial charge is 0.357 e. The van der Waals surface area contributed by atoms with E-state index in [0.29, 0.717) is 6.54 Å². The second-order valence-corrected chi connectivity index (χ2v) is 8.56. The van der Waals surface area contributed by atoms with Crippen molar-refractivity contribution in [3.63, 3.8) is 0 Å². The lowest BCUT2D eigenvalue weighted by Gasteiger charge is -2.20. The highest BCUT2D eigenvalue weighted by atomic mass is 16.2. The number of carbonyl (C=O) groups is 1. The van der Waals surface area contributed by atoms with E-state index < -0.39 is 0 Å². The van der Waals surface area contributed by atoms with Crippen LogP contribution in [0.2, 0.25) is 0 Å². The minimum absolute atomic E-state index is 0.0593. The van der Waals surface area contributed by atoms with Gasteiger partial charge in [0.2, 0.25) is 5.91 Å². The molecule has 2 N–H and O–H groups in total. The molecule has 1 amide bonds. The molecule has 0 aliphatic carbocycles. The van der Waals surface area contributed by atoms with Gasteiger partial charge in [-0.1, -0.05) is 38.1 Å². The predicted molar refractivity (Wildman–Crippen MR) is 119 cm³/mol. The Kier molecular flexibility index (Phi) is 7.92. The number of carbonyl (C=O) groups excluding carboxylic acids is 1. The van der Waals surface area contributed by atoms with Gasteiger partial charge in [0.25, 0.3) is 0 Å². The van der Waals surface area contributed by atoms with Crippen molar-refractivity contribution >= 4 is 11.9 Å². The quantitative estimate of drug-likeness (QED) is 0.547. The number of benzene rings is 1. The lowest BCUT2D eigenvalue weighted by atomic mass is 10.1. The minimum atomic E-state index is 0.0593. The Morgan fingerprint density at radius 1 is 1.14 bits per heavy atom. The summed E-state index contributed by atoms with van der Waals surface area (Å²) < 4.78 is 0. The fourth-order valence-electron chi connectivity index (χ4n) is 4.08. The van der Waals surface area contributed by atoms with Gasteiger partial charge < -0.3 is 15.5 Å². The Morgan fingerprint density at radius 3 is 2.48 bits per heavy atom. The van der Waals surface area contributed by atoms with Crippen LogP contribution in [0.1, 0.15) is 51.2 Å². The Labute approximate surface area is 175 Å². The summed E-state index contributed by atoms with van der Waals surface area (Å²) in [5.41, 5.74) is 2.60. The van der Waals surface area contributed by atoms with Crippen LogP contribution < -0.4 is 10.6 Å². The first-order valence-electron chi connectivity index (χ1n) is 11.2. The minimum Gasteiger partial charge on any atom is -0.357 e. The molecule has 3 rings (SSSR count). The molecule has 2 aliphatic rings. The van der Waals surface area contributed by atoms with Gasteiger partial charge in [-0.05, 0) is 50.4 Å². The monoisotopic (exact) mass is 399 g/mol. The molecule has 1 atom stereocenters. The molecule has 0 spiro atoms. The molecular formula is C23H37N5O. The third-order valence-electron chi connectivity index (χ3n) is 5.73. The van der Waals surface area contributed by atoms with E-state index in [4.69, 9.17) is 4.99 Å². The van der Waals surface area contributed by atoms with Gasteiger partial charge in [0.05, 0.1) is 6.54 Å². The maximum absolute atomic E-state index is 12.2. The normalized spacial score (nSPS) is 20.5. The van der Waals surface area contributed by atoms with Crippen molar-refractivity contribution in [2.45, 2.75) is 59.2 Å². The van der Waals surface area contributed by atoms with Crippen molar-refractivity contribution in [1.29, 1.82) is 0 Å². The number of likely N-dealkylation sites (tertiary alicyclic amines) is 2. The lowest BCUT2D eigenvalue weighted by molar-refractivity contribution is -0.133. The fraction of sp³-hybridized carbons (Fsp3) is 0.652. The summed E-state index contributed by atoms with van der Waals surface area (Å²) in [6.07, 6.45) is 3.63. The molecule has 0 radical (unpaired) electrons. The maximum atomic E-state index is 12.2. The van der Waals surface area contributed by atoms with Crippen LogP contribution in [-0.2, 0) is 17.9 Å². The summed E-state index contributed by atoms with van der Waals surface area (Å²) in [7, 11) is 0. The molecule has 0 aromatic heterocycles. The van der Waals surface area contributed by atoms with E-state index in [-0.39, 0.29) is 17.9 Å². The van der Waals surface area contributed by atoms with E-state index >= 15 is 0 Å². The van der Waals surface area contributed by atoms with Crippen molar-refractivity contribution in [2.24, 2.45) is 10.9 Å². The number of hydrogen-bond donors (Lipinski definition) is 2. The molecule has 0 saturated carbocycles. The lowest BCUT2D eigenvalue weighted by Crippen LogP contribution is -2.45. The molecule has 160 valence electrons. The van der Waals surface area contributed by atoms with Crippen LogP contribution in [0.5, 0.6) is 0 Å². The number of guanidine groups is 1. The Bertz CT molecular complexity index is 679. The Morgan fingerprint density at radius 2 is 1.83 bits per heavy atom. The van der Waals surface area contributed by atoms with Crippen molar-refractivity contribution in [1.82, 2.24) is 20.4 Å². The second-order valence-electron chi connectivity index (χ2n) is 8.56. The second kappa shape index (κ2) is 10.6. The van der Waals surface area contributed by atoms with E-state index in [2.05, 4.69) is 46.7 Å². The molecule has 2 heterocycles. The average molecular weight is 400 g/mol. The maximum Gasteiger partial charge on any atom is 0.225 e. The molecule has 6 heteroatoms. The van der Waals surface area contributed by atoms with Crippen molar-refractivity contribution in [3.05, 3.63) is 35.4 Å². The van der Waals surface area contributed by atoms with Crippen LogP contribution in [-0.4, -0.2) is 60.4 Å². The van der Waals surface area contributed by atoms with Gasteiger partial charge >= 0.3 is 0 Å². The van der Waals surface area contributed by atoms with Gasteiger partial charge in [0, 0.05) is 38.1 Å². The zero-order chi connectivity index (χ0) is 20.6. The highest BCUT2D eigenvalue weighted by Crippen LogP contribution is 2.14. The summed E-state index contributed by atoms with van der Waals surface area (Å²) in [5.74, 6) is 1.13. The number of aliphatic imine (C=N–C) groups is 1. The van der Waals surface area contributed by atoms with E-state index in [0.717, 1.165) is 38.6 Å². The molecule has 1 aromatic rings. The van der Waals surface area contributed by atoms with E-state index in [1.807, 2.05) is 18.7 Å². The molecule has 1 unspecified atom stereocenters. The zero-order valence-corrected chi connectivity index (χ0v) is 18.3. The van der Waals surface area contributed by atoms with Crippen LogP contribution in [0.3, 0.4) is 0 Å². The molecule has 1 aromatic carbocycles. The molecule has 0 bridgehead atoms. The van der Waals surface area contributed by atoms with E-state index in [1.54, 1.807) is 0 Å². The number of nitrogens with zero attached hydrogens (tertiary/aromatic N) is 3. The summed E-state index contributed by atoms with van der Waals surface area (Å²) in [6.45, 7) is 12.6. The highest BCUT2D eigenvalue weighted by molar-refractivity contribution is 5.81. The molecule has 29 heavy (non-hydrogen) atoms. The van der Waals surface area contributed by atoms with Crippen LogP contribution in [0.25, 0.3) is 0 Å². The number of rotatable bonds is 7.